The number of benzene rings is 2. The van der Waals surface area contributed by atoms with Crippen molar-refractivity contribution in [1.29, 1.82) is 0 Å². The predicted octanol–water partition coefficient (Wildman–Crippen LogP) is 1.36. The SMILES string of the molecule is Cc1ccc(NS(=O)(=O)c2cccc3ccccc23)c(=O)n1C(C(N)=O)C(C)ON=C(N)N.O=C(O)C(F)(F)F. The molecule has 1 heterocycles. The molecule has 0 saturated carbocycles. The fourth-order valence-corrected chi connectivity index (χ4v) is 4.76. The van der Waals surface area contributed by atoms with Crippen LogP contribution in [0.4, 0.5) is 18.9 Å². The number of aliphatic carboxylic acids is 1. The molecule has 216 valence electrons. The summed E-state index contributed by atoms with van der Waals surface area (Å²) in [4.78, 5) is 39.4. The number of amides is 1. The largest absolute Gasteiger partial charge is 0.490 e. The molecule has 3 aromatic rings. The molecule has 13 nitrogen and oxygen atoms in total. The molecule has 8 N–H and O–H groups in total. The molecule has 0 aliphatic carbocycles. The van der Waals surface area contributed by atoms with Gasteiger partial charge in [-0.2, -0.15) is 13.2 Å². The number of alkyl halides is 3. The summed E-state index contributed by atoms with van der Waals surface area (Å²) in [5.41, 5.74) is 15.3. The number of hydrogen-bond donors (Lipinski definition) is 5. The van der Waals surface area contributed by atoms with Crippen molar-refractivity contribution in [3.63, 3.8) is 0 Å². The third-order valence-corrected chi connectivity index (χ3v) is 6.61. The number of carboxylic acids is 1. The molecular formula is C23H25F3N6O7S. The number of carbonyl (C=O) groups is 2. The predicted molar refractivity (Wildman–Crippen MR) is 138 cm³/mol. The number of nitrogens with two attached hydrogens (primary N) is 3. The summed E-state index contributed by atoms with van der Waals surface area (Å²) in [6, 6.07) is 13.3. The van der Waals surface area contributed by atoms with Crippen molar-refractivity contribution in [1.82, 2.24) is 4.57 Å². The van der Waals surface area contributed by atoms with Crippen LogP contribution in [0.25, 0.3) is 10.8 Å². The van der Waals surface area contributed by atoms with Gasteiger partial charge in [-0.1, -0.05) is 36.4 Å². The Hall–Kier alpha value is -4.80. The molecule has 2 unspecified atom stereocenters. The Labute approximate surface area is 225 Å². The molecule has 0 aliphatic rings. The van der Waals surface area contributed by atoms with E-state index in [4.69, 9.17) is 31.9 Å². The number of nitrogens with one attached hydrogen (secondary N) is 1. The minimum Gasteiger partial charge on any atom is -0.475 e. The summed E-state index contributed by atoms with van der Waals surface area (Å²) in [5, 5.41) is 11.7. The molecule has 0 spiro atoms. The Morgan fingerprint density at radius 2 is 1.62 bits per heavy atom. The lowest BCUT2D eigenvalue weighted by Crippen LogP contribution is -2.42. The number of primary amides is 1. The zero-order chi connectivity index (χ0) is 30.4. The van der Waals surface area contributed by atoms with Crippen LogP contribution >= 0.6 is 0 Å². The molecule has 3 rings (SSSR count). The highest BCUT2D eigenvalue weighted by Crippen LogP contribution is 2.25. The number of oxime groups is 1. The first kappa shape index (κ1) is 31.4. The third kappa shape index (κ3) is 7.62. The van der Waals surface area contributed by atoms with E-state index < -0.39 is 45.8 Å². The standard InChI is InChI=1S/C21H24N6O5S.C2HF3O2/c1-12-10-11-16(20(29)27(12)18(19(22)28)13(2)32-25-21(23)24)26-33(30,31)17-9-5-7-14-6-3-4-8-15(14)17;3-2(4,5)1(6)7/h3-11,13,18,26H,1-2H3,(H2,22,28)(H4,23,24,25);(H,6,7). The Morgan fingerprint density at radius 3 is 2.17 bits per heavy atom. The fourth-order valence-electron chi connectivity index (χ4n) is 3.47. The maximum absolute atomic E-state index is 13.2. The molecule has 2 aromatic carbocycles. The Kier molecular flexibility index (Phi) is 9.72. The van der Waals surface area contributed by atoms with Crippen molar-refractivity contribution < 1.29 is 41.1 Å². The molecule has 1 aromatic heterocycles. The van der Waals surface area contributed by atoms with E-state index >= 15 is 0 Å². The van der Waals surface area contributed by atoms with E-state index in [1.165, 1.54) is 25.1 Å². The normalized spacial score (nSPS) is 12.8. The van der Waals surface area contributed by atoms with Crippen molar-refractivity contribution in [2.24, 2.45) is 22.4 Å². The van der Waals surface area contributed by atoms with Crippen LogP contribution in [0.2, 0.25) is 0 Å². The maximum atomic E-state index is 13.2. The van der Waals surface area contributed by atoms with Crippen molar-refractivity contribution in [2.75, 3.05) is 4.72 Å². The average Bonchev–Trinajstić information content (AvgIpc) is 2.86. The van der Waals surface area contributed by atoms with E-state index in [-0.39, 0.29) is 16.5 Å². The lowest BCUT2D eigenvalue weighted by Gasteiger charge is -2.24. The molecule has 2 atom stereocenters. The quantitative estimate of drug-likeness (QED) is 0.146. The van der Waals surface area contributed by atoms with Gasteiger partial charge in [-0.05, 0) is 42.6 Å². The Morgan fingerprint density at radius 1 is 1.05 bits per heavy atom. The number of pyridine rings is 1. The molecular weight excluding hydrogens is 561 g/mol. The Bertz CT molecular complexity index is 1600. The van der Waals surface area contributed by atoms with Crippen molar-refractivity contribution in [3.05, 3.63) is 70.6 Å². The van der Waals surface area contributed by atoms with E-state index in [1.807, 2.05) is 0 Å². The summed E-state index contributed by atoms with van der Waals surface area (Å²) in [5.74, 6) is -4.04. The number of sulfonamides is 1. The molecule has 0 bridgehead atoms. The minimum atomic E-state index is -5.08. The summed E-state index contributed by atoms with van der Waals surface area (Å²) < 4.78 is 61.4. The van der Waals surface area contributed by atoms with Crippen LogP contribution in [0.15, 0.2) is 69.4 Å². The zero-order valence-corrected chi connectivity index (χ0v) is 21.7. The van der Waals surface area contributed by atoms with Gasteiger partial charge in [0, 0.05) is 11.1 Å². The summed E-state index contributed by atoms with van der Waals surface area (Å²) in [6.45, 7) is 3.01. The van der Waals surface area contributed by atoms with Crippen molar-refractivity contribution in [3.8, 4) is 0 Å². The highest BCUT2D eigenvalue weighted by molar-refractivity contribution is 7.93. The van der Waals surface area contributed by atoms with Gasteiger partial charge in [0.05, 0.1) is 4.90 Å². The van der Waals surface area contributed by atoms with Gasteiger partial charge in [0.1, 0.15) is 5.69 Å². The van der Waals surface area contributed by atoms with Gasteiger partial charge in [0.15, 0.2) is 12.1 Å². The number of rotatable bonds is 8. The number of carbonyl (C=O) groups excluding carboxylic acids is 1. The van der Waals surface area contributed by atoms with Gasteiger partial charge in [0.2, 0.25) is 11.9 Å². The second-order valence-electron chi connectivity index (χ2n) is 8.12. The van der Waals surface area contributed by atoms with Crippen LogP contribution in [0, 0.1) is 6.92 Å². The molecule has 40 heavy (non-hydrogen) atoms. The fraction of sp³-hybridized carbons (Fsp3) is 0.217. The zero-order valence-electron chi connectivity index (χ0n) is 20.9. The number of anilines is 1. The first-order valence-electron chi connectivity index (χ1n) is 11.0. The van der Waals surface area contributed by atoms with Crippen LogP contribution in [0.3, 0.4) is 0 Å². The van der Waals surface area contributed by atoms with Gasteiger partial charge in [0.25, 0.3) is 15.6 Å². The van der Waals surface area contributed by atoms with Crippen molar-refractivity contribution >= 4 is 44.3 Å². The number of aromatic nitrogens is 1. The van der Waals surface area contributed by atoms with Crippen LogP contribution in [-0.2, 0) is 24.4 Å². The molecule has 1 amide bonds. The minimum absolute atomic E-state index is 0.00281. The number of hydrogen-bond acceptors (Lipinski definition) is 7. The maximum Gasteiger partial charge on any atom is 0.490 e. The van der Waals surface area contributed by atoms with E-state index in [0.29, 0.717) is 11.1 Å². The second-order valence-corrected chi connectivity index (χ2v) is 9.77. The summed E-state index contributed by atoms with van der Waals surface area (Å²) in [6.07, 6.45) is -6.12. The smallest absolute Gasteiger partial charge is 0.475 e. The van der Waals surface area contributed by atoms with Crippen LogP contribution in [0.1, 0.15) is 18.7 Å². The first-order chi connectivity index (χ1) is 18.5. The van der Waals surface area contributed by atoms with Gasteiger partial charge in [-0.15, -0.1) is 0 Å². The van der Waals surface area contributed by atoms with Gasteiger partial charge in [-0.25, -0.2) is 13.2 Å². The molecule has 0 saturated heterocycles. The highest BCUT2D eigenvalue weighted by Gasteiger charge is 2.38. The number of carboxylic acid groups (broad SMARTS) is 1. The number of aryl methyl sites for hydroxylation is 1. The van der Waals surface area contributed by atoms with E-state index in [0.717, 1.165) is 9.95 Å². The van der Waals surface area contributed by atoms with Crippen LogP contribution < -0.4 is 27.5 Å². The topological polar surface area (TPSA) is 222 Å². The highest BCUT2D eigenvalue weighted by atomic mass is 32.2. The molecule has 0 radical (unpaired) electrons. The molecule has 17 heteroatoms. The summed E-state index contributed by atoms with van der Waals surface area (Å²) in [7, 11) is -4.15. The van der Waals surface area contributed by atoms with E-state index in [9.17, 15) is 31.2 Å². The van der Waals surface area contributed by atoms with Gasteiger partial charge >= 0.3 is 12.1 Å². The lowest BCUT2D eigenvalue weighted by atomic mass is 10.1. The average molecular weight is 587 g/mol. The van der Waals surface area contributed by atoms with Crippen LogP contribution in [0.5, 0.6) is 0 Å². The number of halogens is 3. The summed E-state index contributed by atoms with van der Waals surface area (Å²) >= 11 is 0. The number of fused-ring (bicyclic) bond motifs is 1. The Balaban J connectivity index is 0.000000708. The third-order valence-electron chi connectivity index (χ3n) is 5.19. The second kappa shape index (κ2) is 12.4. The molecule has 0 fully saturated rings. The van der Waals surface area contributed by atoms with E-state index in [2.05, 4.69) is 9.88 Å². The number of guanidine groups is 1. The van der Waals surface area contributed by atoms with Crippen LogP contribution in [-0.4, -0.2) is 48.2 Å². The van der Waals surface area contributed by atoms with Gasteiger partial charge < -0.3 is 27.1 Å². The molecule has 0 aliphatic heterocycles. The first-order valence-corrected chi connectivity index (χ1v) is 12.5. The van der Waals surface area contributed by atoms with Gasteiger partial charge in [-0.3, -0.25) is 18.9 Å². The van der Waals surface area contributed by atoms with E-state index in [1.54, 1.807) is 43.3 Å². The monoisotopic (exact) mass is 586 g/mol. The van der Waals surface area contributed by atoms with Crippen molar-refractivity contribution in [2.45, 2.75) is 37.1 Å². The number of nitrogens with zero attached hydrogens (tertiary/aromatic N) is 2. The lowest BCUT2D eigenvalue weighted by molar-refractivity contribution is -0.192.